The molecule has 0 aliphatic heterocycles. The summed E-state index contributed by atoms with van der Waals surface area (Å²) in [5, 5.41) is 2.96. The topological polar surface area (TPSA) is 95.6 Å². The summed E-state index contributed by atoms with van der Waals surface area (Å²) in [6.45, 7) is 6.08. The van der Waals surface area contributed by atoms with Crippen LogP contribution < -0.4 is 20.5 Å². The molecule has 3 aromatic rings. The molecule has 7 heteroatoms. The first-order valence-corrected chi connectivity index (χ1v) is 9.93. The van der Waals surface area contributed by atoms with E-state index in [9.17, 15) is 9.59 Å². The molecule has 162 valence electrons. The van der Waals surface area contributed by atoms with Crippen LogP contribution >= 0.6 is 0 Å². The zero-order valence-corrected chi connectivity index (χ0v) is 18.2. The average Bonchev–Trinajstić information content (AvgIpc) is 3.05. The Morgan fingerprint density at radius 2 is 1.77 bits per heavy atom. The molecule has 2 amide bonds. The quantitative estimate of drug-likeness (QED) is 0.584. The van der Waals surface area contributed by atoms with E-state index in [0.29, 0.717) is 23.6 Å². The van der Waals surface area contributed by atoms with Crippen molar-refractivity contribution in [2.24, 2.45) is 5.73 Å². The average molecular weight is 421 g/mol. The zero-order valence-electron chi connectivity index (χ0n) is 18.2. The van der Waals surface area contributed by atoms with Gasteiger partial charge in [-0.15, -0.1) is 0 Å². The lowest BCUT2D eigenvalue weighted by molar-refractivity contribution is -0.119. The third-order valence-electron chi connectivity index (χ3n) is 5.08. The monoisotopic (exact) mass is 421 g/mol. The van der Waals surface area contributed by atoms with E-state index in [1.807, 2.05) is 38.1 Å². The molecule has 0 aliphatic carbocycles. The Morgan fingerprint density at radius 1 is 1.03 bits per heavy atom. The number of ether oxygens (including phenoxy) is 2. The summed E-state index contributed by atoms with van der Waals surface area (Å²) >= 11 is 0. The van der Waals surface area contributed by atoms with Gasteiger partial charge in [-0.1, -0.05) is 24.3 Å². The van der Waals surface area contributed by atoms with Gasteiger partial charge in [0, 0.05) is 23.6 Å². The van der Waals surface area contributed by atoms with E-state index in [1.165, 1.54) is 7.11 Å². The first-order valence-electron chi connectivity index (χ1n) is 9.93. The highest BCUT2D eigenvalue weighted by Crippen LogP contribution is 2.28. The van der Waals surface area contributed by atoms with Gasteiger partial charge in [0.15, 0.2) is 18.1 Å². The number of primary amides is 1. The maximum atomic E-state index is 12.9. The number of carbonyl (C=O) groups is 2. The summed E-state index contributed by atoms with van der Waals surface area (Å²) in [6.07, 6.45) is 0. The smallest absolute Gasteiger partial charge is 0.255 e. The van der Waals surface area contributed by atoms with Gasteiger partial charge in [-0.25, -0.2) is 0 Å². The second-order valence-electron chi connectivity index (χ2n) is 7.33. The summed E-state index contributed by atoms with van der Waals surface area (Å²) < 4.78 is 12.7. The second kappa shape index (κ2) is 9.38. The number of nitrogens with one attached hydrogen (secondary N) is 1. The van der Waals surface area contributed by atoms with Crippen molar-refractivity contribution in [2.75, 3.05) is 13.7 Å². The van der Waals surface area contributed by atoms with Crippen molar-refractivity contribution in [3.8, 4) is 17.2 Å². The number of methoxy groups -OCH3 is 1. The van der Waals surface area contributed by atoms with Crippen LogP contribution in [-0.4, -0.2) is 30.1 Å². The molecular weight excluding hydrogens is 394 g/mol. The molecule has 0 spiro atoms. The number of aromatic nitrogens is 1. The lowest BCUT2D eigenvalue weighted by Gasteiger charge is -2.13. The predicted molar refractivity (Wildman–Crippen MR) is 119 cm³/mol. The van der Waals surface area contributed by atoms with E-state index < -0.39 is 5.91 Å². The fourth-order valence-corrected chi connectivity index (χ4v) is 3.55. The van der Waals surface area contributed by atoms with Crippen molar-refractivity contribution in [2.45, 2.75) is 27.3 Å². The molecule has 0 unspecified atom stereocenters. The number of rotatable bonds is 8. The molecule has 0 bridgehead atoms. The molecule has 0 aliphatic rings. The van der Waals surface area contributed by atoms with Gasteiger partial charge < -0.3 is 25.1 Å². The Morgan fingerprint density at radius 3 is 2.45 bits per heavy atom. The molecule has 0 saturated heterocycles. The number of hydrogen-bond acceptors (Lipinski definition) is 4. The van der Waals surface area contributed by atoms with Gasteiger partial charge >= 0.3 is 0 Å². The Labute approximate surface area is 181 Å². The number of nitrogens with zero attached hydrogens (tertiary/aromatic N) is 1. The number of carbonyl (C=O) groups excluding carboxylic acids is 2. The second-order valence-corrected chi connectivity index (χ2v) is 7.33. The summed E-state index contributed by atoms with van der Waals surface area (Å²) in [6, 6.07) is 15.2. The Bertz CT molecular complexity index is 1120. The molecule has 7 nitrogen and oxygen atoms in total. The highest BCUT2D eigenvalue weighted by molar-refractivity contribution is 5.96. The van der Waals surface area contributed by atoms with Crippen molar-refractivity contribution in [1.29, 1.82) is 0 Å². The minimum atomic E-state index is -0.568. The van der Waals surface area contributed by atoms with Crippen LogP contribution in [0.2, 0.25) is 0 Å². The van der Waals surface area contributed by atoms with Gasteiger partial charge in [-0.2, -0.15) is 0 Å². The molecule has 3 N–H and O–H groups in total. The number of benzene rings is 2. The lowest BCUT2D eigenvalue weighted by Crippen LogP contribution is -2.23. The lowest BCUT2D eigenvalue weighted by atomic mass is 10.1. The summed E-state index contributed by atoms with van der Waals surface area (Å²) in [4.78, 5) is 23.8. The molecule has 1 heterocycles. The van der Waals surface area contributed by atoms with Gasteiger partial charge in [0.1, 0.15) is 0 Å². The van der Waals surface area contributed by atoms with Gasteiger partial charge in [0.05, 0.1) is 12.7 Å². The fraction of sp³-hybridized carbons (Fsp3) is 0.250. The SMILES string of the molecule is COc1cc(CNC(=O)c2cc(C)n(-c3ccccc3C)c2C)ccc1OCC(N)=O. The van der Waals surface area contributed by atoms with Gasteiger partial charge in [0.2, 0.25) is 0 Å². The van der Waals surface area contributed by atoms with Crippen molar-refractivity contribution in [3.63, 3.8) is 0 Å². The predicted octanol–water partition coefficient (Wildman–Crippen LogP) is 3.21. The molecule has 0 fully saturated rings. The van der Waals surface area contributed by atoms with Gasteiger partial charge in [0.25, 0.3) is 11.8 Å². The zero-order chi connectivity index (χ0) is 22.5. The van der Waals surface area contributed by atoms with Gasteiger partial charge in [-0.05, 0) is 56.2 Å². The van der Waals surface area contributed by atoms with E-state index in [4.69, 9.17) is 15.2 Å². The van der Waals surface area contributed by atoms with Crippen LogP contribution in [0.4, 0.5) is 0 Å². The Balaban J connectivity index is 1.75. The van der Waals surface area contributed by atoms with E-state index in [0.717, 1.165) is 28.2 Å². The molecule has 0 atom stereocenters. The maximum Gasteiger partial charge on any atom is 0.255 e. The third kappa shape index (κ3) is 4.88. The summed E-state index contributed by atoms with van der Waals surface area (Å²) in [5.74, 6) is 0.159. The minimum Gasteiger partial charge on any atom is -0.493 e. The van der Waals surface area contributed by atoms with Crippen LogP contribution in [0.5, 0.6) is 11.5 Å². The van der Waals surface area contributed by atoms with Crippen molar-refractivity contribution in [1.82, 2.24) is 9.88 Å². The van der Waals surface area contributed by atoms with Crippen LogP contribution in [0.25, 0.3) is 5.69 Å². The van der Waals surface area contributed by atoms with E-state index >= 15 is 0 Å². The first kappa shape index (κ1) is 22.0. The largest absolute Gasteiger partial charge is 0.493 e. The highest BCUT2D eigenvalue weighted by atomic mass is 16.5. The Hall–Kier alpha value is -3.74. The third-order valence-corrected chi connectivity index (χ3v) is 5.08. The standard InChI is InChI=1S/C24H27N3O4/c1-15-7-5-6-8-20(15)27-16(2)11-19(17(27)3)24(29)26-13-18-9-10-21(22(12-18)30-4)31-14-23(25)28/h5-12H,13-14H2,1-4H3,(H2,25,28)(H,26,29). The van der Waals surface area contributed by atoms with Crippen LogP contribution in [0, 0.1) is 20.8 Å². The fourth-order valence-electron chi connectivity index (χ4n) is 3.55. The van der Waals surface area contributed by atoms with E-state index in [2.05, 4.69) is 22.9 Å². The van der Waals surface area contributed by atoms with E-state index in [-0.39, 0.29) is 12.5 Å². The summed E-state index contributed by atoms with van der Waals surface area (Å²) in [7, 11) is 1.51. The van der Waals surface area contributed by atoms with Crippen molar-refractivity contribution >= 4 is 11.8 Å². The number of hydrogen-bond donors (Lipinski definition) is 2. The normalized spacial score (nSPS) is 10.6. The minimum absolute atomic E-state index is 0.152. The van der Waals surface area contributed by atoms with Gasteiger partial charge in [-0.3, -0.25) is 9.59 Å². The molecule has 0 radical (unpaired) electrons. The first-order chi connectivity index (χ1) is 14.8. The van der Waals surface area contributed by atoms with Crippen LogP contribution in [0.1, 0.15) is 32.9 Å². The summed E-state index contributed by atoms with van der Waals surface area (Å²) in [5.41, 5.74) is 10.7. The molecule has 3 rings (SSSR count). The Kier molecular flexibility index (Phi) is 6.65. The number of para-hydroxylation sites is 1. The maximum absolute atomic E-state index is 12.9. The number of nitrogens with two attached hydrogens (primary N) is 1. The van der Waals surface area contributed by atoms with Crippen LogP contribution in [0.3, 0.4) is 0 Å². The van der Waals surface area contributed by atoms with Crippen molar-refractivity contribution in [3.05, 3.63) is 76.6 Å². The number of amides is 2. The highest BCUT2D eigenvalue weighted by Gasteiger charge is 2.17. The molecule has 1 aromatic heterocycles. The van der Waals surface area contributed by atoms with Crippen LogP contribution in [-0.2, 0) is 11.3 Å². The van der Waals surface area contributed by atoms with Crippen LogP contribution in [0.15, 0.2) is 48.5 Å². The van der Waals surface area contributed by atoms with Crippen molar-refractivity contribution < 1.29 is 19.1 Å². The van der Waals surface area contributed by atoms with E-state index in [1.54, 1.807) is 18.2 Å². The molecule has 2 aromatic carbocycles. The molecular formula is C24H27N3O4. The molecule has 0 saturated carbocycles. The number of aryl methyl sites for hydroxylation is 2. The molecule has 31 heavy (non-hydrogen) atoms.